The van der Waals surface area contributed by atoms with E-state index in [0.717, 1.165) is 0 Å². The fourth-order valence-electron chi connectivity index (χ4n) is 3.85. The number of carboxylic acid groups (broad SMARTS) is 1. The van der Waals surface area contributed by atoms with Crippen LogP contribution in [-0.2, 0) is 43.2 Å². The molecule has 4 unspecified atom stereocenters. The van der Waals surface area contributed by atoms with Crippen molar-refractivity contribution in [2.75, 3.05) is 0 Å². The first-order chi connectivity index (χ1) is 19.5. The number of amides is 4. The van der Waals surface area contributed by atoms with Crippen molar-refractivity contribution in [2.24, 2.45) is 11.5 Å². The molecule has 3 aromatic rings. The van der Waals surface area contributed by atoms with Crippen LogP contribution in [0.5, 0.6) is 5.75 Å². The van der Waals surface area contributed by atoms with Gasteiger partial charge in [0, 0.05) is 43.0 Å². The van der Waals surface area contributed by atoms with Crippen LogP contribution in [0.25, 0.3) is 0 Å². The Morgan fingerprint density at radius 3 is 1.71 bits per heavy atom. The van der Waals surface area contributed by atoms with Crippen molar-refractivity contribution in [2.45, 2.75) is 49.9 Å². The van der Waals surface area contributed by atoms with Crippen LogP contribution in [0.2, 0.25) is 0 Å². The number of aromatic amines is 2. The number of primary amides is 1. The Kier molecular flexibility index (Phi) is 10.5. The molecule has 0 saturated carbocycles. The van der Waals surface area contributed by atoms with Gasteiger partial charge in [-0.1, -0.05) is 12.1 Å². The third-order valence-corrected chi connectivity index (χ3v) is 5.97. The molecule has 2 heterocycles. The Hall–Kier alpha value is -5.25. The Balaban J connectivity index is 1.79. The molecule has 0 radical (unpaired) electrons. The molecule has 0 aliphatic rings. The number of H-pyrrole nitrogens is 2. The van der Waals surface area contributed by atoms with E-state index in [2.05, 4.69) is 35.9 Å². The van der Waals surface area contributed by atoms with E-state index >= 15 is 0 Å². The highest BCUT2D eigenvalue weighted by molar-refractivity contribution is 5.95. The predicted octanol–water partition coefficient (Wildman–Crippen LogP) is -2.39. The Bertz CT molecular complexity index is 1330. The van der Waals surface area contributed by atoms with E-state index in [4.69, 9.17) is 11.5 Å². The number of imidazole rings is 2. The standard InChI is InChI=1S/C25H31N9O7/c26-17(8-21(27)36)22(37)32-18(6-14-9-28-11-30-14)23(38)33-19(7-15-10-29-12-31-15)24(39)34-20(25(40)41)5-13-1-3-16(35)4-2-13/h1-4,9-12,17-20,35H,5-8,26H2,(H2,27,36)(H,28,30)(H,29,31)(H,32,37)(H,33,38)(H,34,39)(H,40,41). The molecule has 0 aliphatic heterocycles. The number of carbonyl (C=O) groups excluding carboxylic acids is 4. The zero-order valence-electron chi connectivity index (χ0n) is 21.7. The quantitative estimate of drug-likeness (QED) is 0.0936. The normalized spacial score (nSPS) is 13.8. The van der Waals surface area contributed by atoms with E-state index in [1.54, 1.807) is 0 Å². The number of nitrogens with one attached hydrogen (secondary N) is 5. The number of hydrogen-bond donors (Lipinski definition) is 9. The van der Waals surface area contributed by atoms with Crippen molar-refractivity contribution in [3.63, 3.8) is 0 Å². The highest BCUT2D eigenvalue weighted by Gasteiger charge is 2.31. The molecule has 0 saturated heterocycles. The molecule has 16 nitrogen and oxygen atoms in total. The zero-order valence-corrected chi connectivity index (χ0v) is 21.7. The first kappa shape index (κ1) is 30.3. The molecule has 0 spiro atoms. The lowest BCUT2D eigenvalue weighted by Crippen LogP contribution is -2.58. The number of hydrogen-bond acceptors (Lipinski definition) is 9. The molecule has 3 rings (SSSR count). The molecule has 4 amide bonds. The first-order valence-electron chi connectivity index (χ1n) is 12.4. The lowest BCUT2D eigenvalue weighted by Gasteiger charge is -2.25. The SMILES string of the molecule is NC(=O)CC(N)C(=O)NC(Cc1cnc[nH]1)C(=O)NC(Cc1cnc[nH]1)C(=O)NC(Cc1ccc(O)cc1)C(=O)O. The van der Waals surface area contributed by atoms with Gasteiger partial charge in [0.25, 0.3) is 0 Å². The third kappa shape index (κ3) is 9.47. The number of phenols is 1. The second-order valence-electron chi connectivity index (χ2n) is 9.23. The lowest BCUT2D eigenvalue weighted by molar-refractivity contribution is -0.142. The van der Waals surface area contributed by atoms with Gasteiger partial charge in [0.05, 0.1) is 25.1 Å². The van der Waals surface area contributed by atoms with Crippen LogP contribution in [-0.4, -0.2) is 83.9 Å². The van der Waals surface area contributed by atoms with Crippen LogP contribution in [0.1, 0.15) is 23.4 Å². The summed E-state index contributed by atoms with van der Waals surface area (Å²) in [5.74, 6) is -4.54. The van der Waals surface area contributed by atoms with Gasteiger partial charge in [-0.2, -0.15) is 0 Å². The van der Waals surface area contributed by atoms with E-state index in [1.165, 1.54) is 49.3 Å². The highest BCUT2D eigenvalue weighted by Crippen LogP contribution is 2.12. The van der Waals surface area contributed by atoms with Gasteiger partial charge >= 0.3 is 5.97 Å². The number of nitrogens with zero attached hydrogens (tertiary/aromatic N) is 2. The minimum atomic E-state index is -1.36. The summed E-state index contributed by atoms with van der Waals surface area (Å²) in [6.07, 6.45) is 4.91. The van der Waals surface area contributed by atoms with E-state index in [-0.39, 0.29) is 25.0 Å². The van der Waals surface area contributed by atoms with Crippen LogP contribution >= 0.6 is 0 Å². The molecular weight excluding hydrogens is 538 g/mol. The summed E-state index contributed by atoms with van der Waals surface area (Å²) in [4.78, 5) is 75.9. The fourth-order valence-corrected chi connectivity index (χ4v) is 3.85. The summed E-state index contributed by atoms with van der Waals surface area (Å²) >= 11 is 0. The Labute approximate surface area is 233 Å². The number of rotatable bonds is 15. The lowest BCUT2D eigenvalue weighted by atomic mass is 10.0. The molecule has 218 valence electrons. The minimum absolute atomic E-state index is 0.000600. The molecule has 0 aliphatic carbocycles. The number of benzene rings is 1. The summed E-state index contributed by atoms with van der Waals surface area (Å²) in [6, 6.07) is 0.600. The topological polar surface area (TPSA) is 271 Å². The van der Waals surface area contributed by atoms with Gasteiger partial charge in [0.1, 0.15) is 23.9 Å². The molecule has 0 fully saturated rings. The smallest absolute Gasteiger partial charge is 0.326 e. The number of carbonyl (C=O) groups is 5. The molecule has 1 aromatic carbocycles. The van der Waals surface area contributed by atoms with Crippen molar-refractivity contribution in [1.82, 2.24) is 35.9 Å². The number of phenolic OH excluding ortho intramolecular Hbond substituents is 1. The van der Waals surface area contributed by atoms with Crippen molar-refractivity contribution in [3.8, 4) is 5.75 Å². The number of nitrogens with two attached hydrogens (primary N) is 2. The predicted molar refractivity (Wildman–Crippen MR) is 142 cm³/mol. The molecule has 0 bridgehead atoms. The van der Waals surface area contributed by atoms with Gasteiger partial charge in [0.2, 0.25) is 23.6 Å². The summed E-state index contributed by atoms with van der Waals surface area (Å²) in [5, 5.41) is 26.7. The average molecular weight is 570 g/mol. The van der Waals surface area contributed by atoms with Gasteiger partial charge in [0.15, 0.2) is 0 Å². The summed E-state index contributed by atoms with van der Waals surface area (Å²) in [5.41, 5.74) is 12.3. The summed E-state index contributed by atoms with van der Waals surface area (Å²) in [7, 11) is 0. The van der Waals surface area contributed by atoms with Gasteiger partial charge in [-0.05, 0) is 17.7 Å². The van der Waals surface area contributed by atoms with Crippen LogP contribution in [0, 0.1) is 0 Å². The van der Waals surface area contributed by atoms with Gasteiger partial charge < -0.3 is 47.6 Å². The molecule has 4 atom stereocenters. The monoisotopic (exact) mass is 569 g/mol. The van der Waals surface area contributed by atoms with Crippen LogP contribution < -0.4 is 27.4 Å². The zero-order chi connectivity index (χ0) is 29.9. The maximum Gasteiger partial charge on any atom is 0.326 e. The number of carboxylic acids is 1. The van der Waals surface area contributed by atoms with E-state index in [0.29, 0.717) is 17.0 Å². The molecule has 11 N–H and O–H groups in total. The number of aromatic nitrogens is 4. The molecule has 16 heteroatoms. The minimum Gasteiger partial charge on any atom is -0.508 e. The highest BCUT2D eigenvalue weighted by atomic mass is 16.4. The van der Waals surface area contributed by atoms with Gasteiger partial charge in [-0.3, -0.25) is 19.2 Å². The van der Waals surface area contributed by atoms with Crippen molar-refractivity contribution in [3.05, 3.63) is 66.3 Å². The van der Waals surface area contributed by atoms with Crippen molar-refractivity contribution < 1.29 is 34.2 Å². The average Bonchev–Trinajstić information content (AvgIpc) is 3.62. The largest absolute Gasteiger partial charge is 0.508 e. The van der Waals surface area contributed by atoms with Gasteiger partial charge in [-0.15, -0.1) is 0 Å². The first-order valence-corrected chi connectivity index (χ1v) is 12.4. The maximum atomic E-state index is 13.4. The molecular formula is C25H31N9O7. The second kappa shape index (κ2) is 14.2. The van der Waals surface area contributed by atoms with Crippen LogP contribution in [0.15, 0.2) is 49.3 Å². The molecule has 2 aromatic heterocycles. The Morgan fingerprint density at radius 2 is 1.27 bits per heavy atom. The maximum absolute atomic E-state index is 13.4. The number of aliphatic carboxylic acids is 1. The fraction of sp³-hybridized carbons (Fsp3) is 0.320. The number of aromatic hydroxyl groups is 1. The summed E-state index contributed by atoms with van der Waals surface area (Å²) in [6.45, 7) is 0. The van der Waals surface area contributed by atoms with E-state index in [9.17, 15) is 34.2 Å². The van der Waals surface area contributed by atoms with E-state index in [1.807, 2.05) is 0 Å². The van der Waals surface area contributed by atoms with Gasteiger partial charge in [-0.25, -0.2) is 14.8 Å². The van der Waals surface area contributed by atoms with Crippen LogP contribution in [0.3, 0.4) is 0 Å². The van der Waals surface area contributed by atoms with Crippen molar-refractivity contribution >= 4 is 29.6 Å². The third-order valence-electron chi connectivity index (χ3n) is 5.97. The summed E-state index contributed by atoms with van der Waals surface area (Å²) < 4.78 is 0. The van der Waals surface area contributed by atoms with E-state index < -0.39 is 60.2 Å². The second-order valence-corrected chi connectivity index (χ2v) is 9.23. The van der Waals surface area contributed by atoms with Crippen molar-refractivity contribution in [1.29, 1.82) is 0 Å². The Morgan fingerprint density at radius 1 is 0.780 bits per heavy atom. The molecule has 41 heavy (non-hydrogen) atoms. The van der Waals surface area contributed by atoms with Crippen LogP contribution in [0.4, 0.5) is 0 Å².